The summed E-state index contributed by atoms with van der Waals surface area (Å²) in [7, 11) is 0. The Balaban J connectivity index is 2.15. The summed E-state index contributed by atoms with van der Waals surface area (Å²) in [4.78, 5) is 16.2. The van der Waals surface area contributed by atoms with E-state index in [0.717, 1.165) is 26.4 Å². The zero-order valence-electron chi connectivity index (χ0n) is 11.9. The van der Waals surface area contributed by atoms with Gasteiger partial charge in [0.05, 0.1) is 11.0 Å². The lowest BCUT2D eigenvalue weighted by molar-refractivity contribution is 0.731. The molecule has 0 spiro atoms. The van der Waals surface area contributed by atoms with E-state index in [1.165, 1.54) is 16.3 Å². The molecule has 5 nitrogen and oxygen atoms in total. The summed E-state index contributed by atoms with van der Waals surface area (Å²) < 4.78 is 4.21. The molecule has 0 N–H and O–H groups in total. The van der Waals surface area contributed by atoms with E-state index in [1.807, 2.05) is 29.9 Å². The Morgan fingerprint density at radius 3 is 2.82 bits per heavy atom. The fraction of sp³-hybridized carbons (Fsp3) is 0.214. The highest BCUT2D eigenvalue weighted by molar-refractivity contribution is 9.10. The second-order valence-electron chi connectivity index (χ2n) is 4.78. The highest BCUT2D eigenvalue weighted by Crippen LogP contribution is 2.22. The maximum Gasteiger partial charge on any atom is 0.274 e. The Morgan fingerprint density at radius 2 is 2.14 bits per heavy atom. The number of nitrogens with zero attached hydrogens (tertiary/aromatic N) is 4. The maximum atomic E-state index is 12.1. The third-order valence-electron chi connectivity index (χ3n) is 3.31. The molecule has 22 heavy (non-hydrogen) atoms. The lowest BCUT2D eigenvalue weighted by Gasteiger charge is -2.12. The average Bonchev–Trinajstić information content (AvgIpc) is 2.92. The normalized spacial score (nSPS) is 11.3. The number of thioether (sulfide) groups is 1. The molecule has 0 radical (unpaired) electrons. The Hall–Kier alpha value is -1.31. The lowest BCUT2D eigenvalue weighted by atomic mass is 10.2. The first-order chi connectivity index (χ1) is 10.5. The van der Waals surface area contributed by atoms with Crippen LogP contribution in [0.2, 0.25) is 5.15 Å². The quantitative estimate of drug-likeness (QED) is 0.500. The molecular weight excluding hydrogens is 388 g/mol. The summed E-state index contributed by atoms with van der Waals surface area (Å²) in [6.07, 6.45) is 3.66. The second-order valence-corrected chi connectivity index (χ2v) is 6.82. The van der Waals surface area contributed by atoms with Gasteiger partial charge in [-0.05, 0) is 40.7 Å². The Morgan fingerprint density at radius 1 is 1.36 bits per heavy atom. The molecule has 3 aromatic heterocycles. The number of halogens is 2. The fourth-order valence-electron chi connectivity index (χ4n) is 2.24. The molecule has 0 atom stereocenters. The van der Waals surface area contributed by atoms with Crippen molar-refractivity contribution < 1.29 is 0 Å². The van der Waals surface area contributed by atoms with Crippen LogP contribution in [0.1, 0.15) is 11.3 Å². The number of rotatable bonds is 3. The van der Waals surface area contributed by atoms with Crippen molar-refractivity contribution in [2.24, 2.45) is 0 Å². The van der Waals surface area contributed by atoms with Gasteiger partial charge in [-0.1, -0.05) is 11.6 Å². The van der Waals surface area contributed by atoms with Crippen LogP contribution in [0.4, 0.5) is 0 Å². The predicted molar refractivity (Wildman–Crippen MR) is 92.0 cm³/mol. The van der Waals surface area contributed by atoms with Gasteiger partial charge in [0.25, 0.3) is 5.56 Å². The summed E-state index contributed by atoms with van der Waals surface area (Å²) in [5.74, 6) is 0. The molecule has 3 heterocycles. The van der Waals surface area contributed by atoms with Gasteiger partial charge in [0.15, 0.2) is 0 Å². The molecule has 0 aliphatic carbocycles. The third kappa shape index (κ3) is 2.80. The molecule has 0 unspecified atom stereocenters. The smallest absolute Gasteiger partial charge is 0.274 e. The van der Waals surface area contributed by atoms with Gasteiger partial charge in [0, 0.05) is 24.0 Å². The Bertz CT molecular complexity index is 921. The highest BCUT2D eigenvalue weighted by atomic mass is 79.9. The maximum absolute atomic E-state index is 12.1. The summed E-state index contributed by atoms with van der Waals surface area (Å²) in [6.45, 7) is 2.49. The van der Waals surface area contributed by atoms with Crippen LogP contribution < -0.4 is 5.56 Å². The van der Waals surface area contributed by atoms with Crippen LogP contribution >= 0.6 is 39.3 Å². The van der Waals surface area contributed by atoms with Gasteiger partial charge in [-0.15, -0.1) is 11.8 Å². The van der Waals surface area contributed by atoms with E-state index in [4.69, 9.17) is 11.6 Å². The van der Waals surface area contributed by atoms with E-state index < -0.39 is 0 Å². The number of hydrogen-bond acceptors (Lipinski definition) is 4. The minimum atomic E-state index is -0.125. The average molecular weight is 400 g/mol. The molecule has 114 valence electrons. The van der Waals surface area contributed by atoms with Crippen molar-refractivity contribution in [2.45, 2.75) is 18.5 Å². The van der Waals surface area contributed by atoms with Gasteiger partial charge in [-0.3, -0.25) is 4.79 Å². The molecule has 0 aliphatic rings. The van der Waals surface area contributed by atoms with Crippen LogP contribution in [0.5, 0.6) is 0 Å². The molecule has 0 amide bonds. The van der Waals surface area contributed by atoms with Gasteiger partial charge >= 0.3 is 0 Å². The van der Waals surface area contributed by atoms with Crippen molar-refractivity contribution in [3.8, 4) is 0 Å². The SMILES string of the molecule is CSc1cc2n(Cc3cnc(Cl)c(Br)c3)c(C)cc(=O)n2n1. The Labute approximate surface area is 144 Å². The van der Waals surface area contributed by atoms with Crippen LogP contribution in [0, 0.1) is 6.92 Å². The molecule has 0 aromatic carbocycles. The van der Waals surface area contributed by atoms with Crippen molar-refractivity contribution in [3.05, 3.63) is 55.6 Å². The highest BCUT2D eigenvalue weighted by Gasteiger charge is 2.11. The molecule has 0 saturated heterocycles. The number of fused-ring (bicyclic) bond motifs is 1. The van der Waals surface area contributed by atoms with Crippen LogP contribution in [-0.2, 0) is 6.54 Å². The molecule has 8 heteroatoms. The number of aromatic nitrogens is 4. The van der Waals surface area contributed by atoms with E-state index in [0.29, 0.717) is 11.7 Å². The topological polar surface area (TPSA) is 52.2 Å². The Kier molecular flexibility index (Phi) is 4.29. The first kappa shape index (κ1) is 15.6. The van der Waals surface area contributed by atoms with Gasteiger partial charge < -0.3 is 4.57 Å². The zero-order chi connectivity index (χ0) is 15.9. The molecule has 3 aromatic rings. The van der Waals surface area contributed by atoms with Gasteiger partial charge in [-0.2, -0.15) is 9.61 Å². The van der Waals surface area contributed by atoms with Crippen LogP contribution in [0.3, 0.4) is 0 Å². The van der Waals surface area contributed by atoms with Crippen molar-refractivity contribution in [1.82, 2.24) is 19.2 Å². The molecule has 0 fully saturated rings. The van der Waals surface area contributed by atoms with Crippen molar-refractivity contribution in [1.29, 1.82) is 0 Å². The first-order valence-electron chi connectivity index (χ1n) is 6.43. The number of hydrogen-bond donors (Lipinski definition) is 0. The molecule has 0 saturated carbocycles. The van der Waals surface area contributed by atoms with Crippen molar-refractivity contribution in [2.75, 3.05) is 6.26 Å². The minimum Gasteiger partial charge on any atom is -0.326 e. The van der Waals surface area contributed by atoms with E-state index in [-0.39, 0.29) is 5.56 Å². The van der Waals surface area contributed by atoms with E-state index in [1.54, 1.807) is 12.3 Å². The largest absolute Gasteiger partial charge is 0.326 e. The van der Waals surface area contributed by atoms with Crippen molar-refractivity contribution >= 4 is 44.9 Å². The first-order valence-corrected chi connectivity index (χ1v) is 8.83. The van der Waals surface area contributed by atoms with E-state index in [2.05, 4.69) is 26.0 Å². The van der Waals surface area contributed by atoms with Gasteiger partial charge in [-0.25, -0.2) is 4.98 Å². The van der Waals surface area contributed by atoms with Crippen molar-refractivity contribution in [3.63, 3.8) is 0 Å². The number of pyridine rings is 1. The monoisotopic (exact) mass is 398 g/mol. The molecule has 3 rings (SSSR count). The predicted octanol–water partition coefficient (Wildman–Crippen LogP) is 3.39. The third-order valence-corrected chi connectivity index (χ3v) is 5.07. The minimum absolute atomic E-state index is 0.125. The van der Waals surface area contributed by atoms with Gasteiger partial charge in [0.2, 0.25) is 0 Å². The fourth-order valence-corrected chi connectivity index (χ4v) is 3.12. The lowest BCUT2D eigenvalue weighted by Crippen LogP contribution is -2.20. The molecule has 0 bridgehead atoms. The summed E-state index contributed by atoms with van der Waals surface area (Å²) in [5, 5.41) is 5.55. The number of aryl methyl sites for hydroxylation is 1. The van der Waals surface area contributed by atoms with Crippen LogP contribution in [-0.4, -0.2) is 25.4 Å². The summed E-state index contributed by atoms with van der Waals surface area (Å²) in [5.41, 5.74) is 2.49. The summed E-state index contributed by atoms with van der Waals surface area (Å²) in [6, 6.07) is 5.43. The van der Waals surface area contributed by atoms with E-state index in [9.17, 15) is 4.79 Å². The van der Waals surface area contributed by atoms with Crippen LogP contribution in [0.15, 0.2) is 38.7 Å². The summed E-state index contributed by atoms with van der Waals surface area (Å²) >= 11 is 10.8. The standard InChI is InChI=1S/C14H12BrClN4OS/c1-8-3-13(21)20-12(5-11(18-20)22-2)19(8)7-9-4-10(15)14(16)17-6-9/h3-6H,7H2,1-2H3. The van der Waals surface area contributed by atoms with E-state index >= 15 is 0 Å². The van der Waals surface area contributed by atoms with Gasteiger partial charge in [0.1, 0.15) is 15.8 Å². The molecule has 0 aliphatic heterocycles. The molecular formula is C14H12BrClN4OS. The second kappa shape index (κ2) is 6.06. The van der Waals surface area contributed by atoms with Crippen LogP contribution in [0.25, 0.3) is 5.65 Å². The zero-order valence-corrected chi connectivity index (χ0v) is 15.0.